The van der Waals surface area contributed by atoms with Crippen molar-refractivity contribution in [2.75, 3.05) is 0 Å². The van der Waals surface area contributed by atoms with E-state index < -0.39 is 17.3 Å². The largest absolute Gasteiger partial charge is 0.459 e. The van der Waals surface area contributed by atoms with Gasteiger partial charge in [0.2, 0.25) is 0 Å². The summed E-state index contributed by atoms with van der Waals surface area (Å²) in [6, 6.07) is 0. The van der Waals surface area contributed by atoms with E-state index in [0.29, 0.717) is 25.7 Å². The van der Waals surface area contributed by atoms with Crippen molar-refractivity contribution in [3.8, 4) is 0 Å². The normalized spacial score (nSPS) is 47.5. The number of aliphatic hydroxyl groups is 1. The van der Waals surface area contributed by atoms with Crippen LogP contribution in [0.15, 0.2) is 12.2 Å². The van der Waals surface area contributed by atoms with Gasteiger partial charge in [-0.05, 0) is 57.4 Å². The van der Waals surface area contributed by atoms with Crippen LogP contribution in [-0.4, -0.2) is 57.1 Å². The van der Waals surface area contributed by atoms with Crippen LogP contribution in [0.25, 0.3) is 0 Å². The minimum absolute atomic E-state index is 0.0570. The summed E-state index contributed by atoms with van der Waals surface area (Å²) in [7, 11) is 0. The third kappa shape index (κ3) is 3.68. The smallest absolute Gasteiger partial charge is 0.309 e. The highest BCUT2D eigenvalue weighted by Crippen LogP contribution is 2.59. The van der Waals surface area contributed by atoms with Gasteiger partial charge in [-0.2, -0.15) is 0 Å². The van der Waals surface area contributed by atoms with E-state index in [1.807, 2.05) is 20.8 Å². The first-order valence-electron chi connectivity index (χ1n) is 10.7. The minimum Gasteiger partial charge on any atom is -0.459 e. The number of carbonyl (C=O) groups is 2. The average molecular weight is 427 g/mol. The number of hydrogen-bond donors (Lipinski definition) is 3. The second kappa shape index (κ2) is 8.22. The summed E-state index contributed by atoms with van der Waals surface area (Å²) in [6.45, 7) is 11.4. The number of ether oxygens (including phenoxy) is 3. The first-order valence-corrected chi connectivity index (χ1v) is 10.7. The van der Waals surface area contributed by atoms with Gasteiger partial charge >= 0.3 is 11.9 Å². The molecule has 8 nitrogen and oxygen atoms in total. The van der Waals surface area contributed by atoms with Gasteiger partial charge in [-0.15, -0.1) is 0 Å². The molecule has 4 rings (SSSR count). The van der Waals surface area contributed by atoms with Crippen LogP contribution in [0.1, 0.15) is 59.8 Å². The van der Waals surface area contributed by atoms with Gasteiger partial charge in [0.1, 0.15) is 17.3 Å². The first kappa shape index (κ1) is 23.2. The Kier molecular flexibility index (Phi) is 6.35. The number of carbonyl (C=O) groups excluding carboxylic acids is 2. The lowest BCUT2D eigenvalue weighted by Gasteiger charge is -2.48. The van der Waals surface area contributed by atoms with E-state index in [4.69, 9.17) is 24.7 Å². The topological polar surface area (TPSA) is 123 Å². The van der Waals surface area contributed by atoms with Crippen molar-refractivity contribution in [3.63, 3.8) is 0 Å². The first-order chi connectivity index (χ1) is 14.1. The number of hydrogen-bond acceptors (Lipinski definition) is 8. The van der Waals surface area contributed by atoms with E-state index in [-0.39, 0.29) is 47.8 Å². The minimum atomic E-state index is -0.808. The zero-order valence-corrected chi connectivity index (χ0v) is 18.2. The van der Waals surface area contributed by atoms with E-state index in [9.17, 15) is 14.7 Å². The van der Waals surface area contributed by atoms with Crippen molar-refractivity contribution in [1.29, 1.82) is 0 Å². The van der Waals surface area contributed by atoms with Crippen molar-refractivity contribution in [3.05, 3.63) is 12.2 Å². The zero-order chi connectivity index (χ0) is 22.4. The van der Waals surface area contributed by atoms with Crippen LogP contribution >= 0.6 is 0 Å². The molecule has 9 atom stereocenters. The predicted molar refractivity (Wildman–Crippen MR) is 106 cm³/mol. The summed E-state index contributed by atoms with van der Waals surface area (Å²) in [5.41, 5.74) is -0.734. The lowest BCUT2D eigenvalue weighted by Crippen LogP contribution is -2.54. The highest BCUT2D eigenvalue weighted by atomic mass is 17.0. The van der Waals surface area contributed by atoms with Gasteiger partial charge in [0.05, 0.1) is 18.1 Å². The molecule has 3 heterocycles. The maximum absolute atomic E-state index is 12.9. The Morgan fingerprint density at radius 2 is 1.90 bits per heavy atom. The van der Waals surface area contributed by atoms with Gasteiger partial charge < -0.3 is 19.3 Å². The molecule has 0 unspecified atom stereocenters. The van der Waals surface area contributed by atoms with E-state index in [1.165, 1.54) is 6.92 Å². The molecular formula is C22H34O8. The molecule has 4 aliphatic rings. The van der Waals surface area contributed by atoms with Gasteiger partial charge in [0.25, 0.3) is 0 Å². The molecule has 4 fully saturated rings. The Morgan fingerprint density at radius 1 is 1.23 bits per heavy atom. The standard InChI is InChI=1S/C22H32O6.H2O2/c1-11-10-16-18-17-14(6-8-21(18,4)27-13(3)23)12(2)20(25)28-22(5,19(17)26-16)9-7-15(11)24;1-2/h12,14-19,24H,1,6-10H2,2-5H3;1-2H/t12-,14+,15-,16+,17+,18+,19+,21-,22+;/m1./s1. The molecule has 2 bridgehead atoms. The molecule has 0 aromatic carbocycles. The van der Waals surface area contributed by atoms with Crippen LogP contribution in [0.3, 0.4) is 0 Å². The predicted octanol–water partition coefficient (Wildman–Crippen LogP) is 2.79. The number of esters is 2. The summed E-state index contributed by atoms with van der Waals surface area (Å²) in [6.07, 6.45) is 1.89. The summed E-state index contributed by atoms with van der Waals surface area (Å²) < 4.78 is 18.5. The van der Waals surface area contributed by atoms with Crippen LogP contribution in [0, 0.1) is 23.7 Å². The quantitative estimate of drug-likeness (QED) is 0.253. The van der Waals surface area contributed by atoms with E-state index >= 15 is 0 Å². The van der Waals surface area contributed by atoms with Crippen molar-refractivity contribution in [1.82, 2.24) is 0 Å². The molecule has 0 aromatic heterocycles. The molecule has 170 valence electrons. The number of aliphatic hydroxyl groups excluding tert-OH is 1. The molecule has 1 saturated carbocycles. The van der Waals surface area contributed by atoms with Gasteiger partial charge in [0.15, 0.2) is 0 Å². The molecule has 3 saturated heterocycles. The van der Waals surface area contributed by atoms with Gasteiger partial charge in [-0.25, -0.2) is 0 Å². The fourth-order valence-electron chi connectivity index (χ4n) is 6.43. The Morgan fingerprint density at radius 3 is 2.53 bits per heavy atom. The van der Waals surface area contributed by atoms with Crippen molar-refractivity contribution in [2.45, 2.75) is 89.3 Å². The van der Waals surface area contributed by atoms with Crippen LogP contribution < -0.4 is 0 Å². The third-order valence-electron chi connectivity index (χ3n) is 7.84. The second-order valence-electron chi connectivity index (χ2n) is 9.75. The molecule has 8 heteroatoms. The maximum Gasteiger partial charge on any atom is 0.309 e. The molecule has 0 radical (unpaired) electrons. The van der Waals surface area contributed by atoms with E-state index in [1.54, 1.807) is 0 Å². The van der Waals surface area contributed by atoms with E-state index in [2.05, 4.69) is 6.58 Å². The van der Waals surface area contributed by atoms with Gasteiger partial charge in [-0.1, -0.05) is 13.5 Å². The maximum atomic E-state index is 12.9. The Hall–Kier alpha value is -1.48. The second-order valence-corrected chi connectivity index (χ2v) is 9.75. The van der Waals surface area contributed by atoms with Crippen LogP contribution in [0.4, 0.5) is 0 Å². The van der Waals surface area contributed by atoms with E-state index in [0.717, 1.165) is 12.0 Å². The molecule has 0 spiro atoms. The van der Waals surface area contributed by atoms with Gasteiger partial charge in [-0.3, -0.25) is 20.1 Å². The molecule has 0 amide bonds. The molecule has 30 heavy (non-hydrogen) atoms. The van der Waals surface area contributed by atoms with Crippen LogP contribution in [0.5, 0.6) is 0 Å². The van der Waals surface area contributed by atoms with Gasteiger partial charge in [0, 0.05) is 18.8 Å². The SMILES string of the molecule is C=C1C[C@@H]2O[C@H]3[C@H]4[C@@H](CC[C@@](C)(OC(C)=O)[C@H]42)[C@@H](C)C(=O)O[C@@]3(C)CC[C@H]1O.OO. The molecule has 3 aliphatic heterocycles. The summed E-state index contributed by atoms with van der Waals surface area (Å²) in [5.74, 6) is -0.572. The molecule has 1 aliphatic carbocycles. The van der Waals surface area contributed by atoms with Crippen molar-refractivity contribution < 1.29 is 39.4 Å². The fourth-order valence-corrected chi connectivity index (χ4v) is 6.43. The monoisotopic (exact) mass is 426 g/mol. The lowest BCUT2D eigenvalue weighted by atomic mass is 9.58. The highest BCUT2D eigenvalue weighted by molar-refractivity contribution is 5.73. The Balaban J connectivity index is 0.00000124. The Labute approximate surface area is 177 Å². The van der Waals surface area contributed by atoms with Crippen LogP contribution in [-0.2, 0) is 23.8 Å². The average Bonchev–Trinajstić information content (AvgIpc) is 3.05. The number of rotatable bonds is 1. The Bertz CT molecular complexity index is 707. The van der Waals surface area contributed by atoms with Crippen molar-refractivity contribution >= 4 is 11.9 Å². The molecule has 3 N–H and O–H groups in total. The van der Waals surface area contributed by atoms with Crippen LogP contribution in [0.2, 0.25) is 0 Å². The third-order valence-corrected chi connectivity index (χ3v) is 7.84. The summed E-state index contributed by atoms with van der Waals surface area (Å²) in [4.78, 5) is 24.8. The lowest BCUT2D eigenvalue weighted by molar-refractivity contribution is -0.180. The fraction of sp³-hybridized carbons (Fsp3) is 0.818. The molecular weight excluding hydrogens is 392 g/mol. The summed E-state index contributed by atoms with van der Waals surface area (Å²) in [5, 5.41) is 22.6. The highest BCUT2D eigenvalue weighted by Gasteiger charge is 2.66. The summed E-state index contributed by atoms with van der Waals surface area (Å²) >= 11 is 0. The zero-order valence-electron chi connectivity index (χ0n) is 18.2. The van der Waals surface area contributed by atoms with Crippen molar-refractivity contribution in [2.24, 2.45) is 23.7 Å². The molecule has 0 aromatic rings. The number of fused-ring (bicyclic) bond motifs is 2.